The lowest BCUT2D eigenvalue weighted by Gasteiger charge is -2.34. The van der Waals surface area contributed by atoms with Gasteiger partial charge < -0.3 is 4.90 Å². The molecule has 0 bridgehead atoms. The van der Waals surface area contributed by atoms with Crippen LogP contribution < -0.4 is 0 Å². The quantitative estimate of drug-likeness (QED) is 0.817. The second kappa shape index (κ2) is 7.19. The molecule has 1 aromatic rings. The summed E-state index contributed by atoms with van der Waals surface area (Å²) in [6, 6.07) is 0. The van der Waals surface area contributed by atoms with Crippen LogP contribution in [0.1, 0.15) is 33.1 Å². The van der Waals surface area contributed by atoms with Crippen molar-refractivity contribution >= 4 is 15.9 Å². The van der Waals surface area contributed by atoms with Gasteiger partial charge in [0.1, 0.15) is 6.33 Å². The molecule has 2 heterocycles. The van der Waals surface area contributed by atoms with Gasteiger partial charge in [0.15, 0.2) is 0 Å². The number of nitrogens with zero attached hydrogens (tertiary/aromatic N) is 4. The number of hydrogen-bond acceptors (Lipinski definition) is 5. The lowest BCUT2D eigenvalue weighted by Crippen LogP contribution is -2.51. The minimum Gasteiger partial charge on any atom is -0.340 e. The zero-order valence-corrected chi connectivity index (χ0v) is 13.8. The Morgan fingerprint density at radius 1 is 1.36 bits per heavy atom. The van der Waals surface area contributed by atoms with Crippen LogP contribution in [0.4, 0.5) is 0 Å². The van der Waals surface area contributed by atoms with Gasteiger partial charge in [-0.3, -0.25) is 4.79 Å². The fraction of sp³-hybridized carbons (Fsp3) is 0.769. The van der Waals surface area contributed by atoms with Crippen LogP contribution in [-0.4, -0.2) is 64.9 Å². The molecular weight excluding hydrogens is 306 g/mol. The van der Waals surface area contributed by atoms with Crippen LogP contribution in [0.15, 0.2) is 11.5 Å². The van der Waals surface area contributed by atoms with E-state index < -0.39 is 10.0 Å². The fourth-order valence-corrected chi connectivity index (χ4v) is 3.77. The van der Waals surface area contributed by atoms with Gasteiger partial charge in [0.2, 0.25) is 5.91 Å². The Kier molecular flexibility index (Phi) is 5.52. The molecule has 0 aliphatic carbocycles. The Bertz CT molecular complexity index is 579. The highest BCUT2D eigenvalue weighted by atomic mass is 32.2. The summed E-state index contributed by atoms with van der Waals surface area (Å²) in [4.78, 5) is 17.8. The highest BCUT2D eigenvalue weighted by Crippen LogP contribution is 2.16. The number of nitrogens with one attached hydrogen (secondary N) is 1. The molecule has 8 nitrogen and oxygen atoms in total. The van der Waals surface area contributed by atoms with Crippen molar-refractivity contribution in [3.8, 4) is 0 Å². The smallest absolute Gasteiger partial charge is 0.278 e. The van der Waals surface area contributed by atoms with E-state index in [1.54, 1.807) is 4.90 Å². The van der Waals surface area contributed by atoms with Gasteiger partial charge >= 0.3 is 0 Å². The third-order valence-electron chi connectivity index (χ3n) is 3.94. The number of sulfonamides is 1. The summed E-state index contributed by atoms with van der Waals surface area (Å²) in [7, 11) is -3.64. The van der Waals surface area contributed by atoms with Crippen molar-refractivity contribution in [1.82, 2.24) is 24.4 Å². The van der Waals surface area contributed by atoms with Crippen molar-refractivity contribution < 1.29 is 13.2 Å². The SMILES string of the molecule is CCCC[C@@H](C)C(=O)N1CCN(S(=O)(=O)c2ncn[nH]2)CC1. The molecule has 1 N–H and O–H groups in total. The van der Waals surface area contributed by atoms with E-state index in [1.165, 1.54) is 10.6 Å². The zero-order valence-electron chi connectivity index (χ0n) is 13.0. The number of unbranched alkanes of at least 4 members (excludes halogenated alkanes) is 1. The molecule has 124 valence electrons. The Morgan fingerprint density at radius 2 is 2.05 bits per heavy atom. The molecule has 1 saturated heterocycles. The molecule has 1 aliphatic heterocycles. The average molecular weight is 329 g/mol. The summed E-state index contributed by atoms with van der Waals surface area (Å²) in [5.74, 6) is 0.113. The van der Waals surface area contributed by atoms with Crippen LogP contribution in [-0.2, 0) is 14.8 Å². The maximum atomic E-state index is 12.3. The molecule has 22 heavy (non-hydrogen) atoms. The van der Waals surface area contributed by atoms with Crippen molar-refractivity contribution in [2.75, 3.05) is 26.2 Å². The van der Waals surface area contributed by atoms with E-state index in [-0.39, 0.29) is 30.1 Å². The van der Waals surface area contributed by atoms with Crippen molar-refractivity contribution in [2.24, 2.45) is 5.92 Å². The predicted molar refractivity (Wildman–Crippen MR) is 80.4 cm³/mol. The number of hydrogen-bond donors (Lipinski definition) is 1. The maximum Gasteiger partial charge on any atom is 0.278 e. The first-order valence-electron chi connectivity index (χ1n) is 7.61. The number of piperazine rings is 1. The zero-order chi connectivity index (χ0) is 16.2. The molecule has 0 radical (unpaired) electrons. The van der Waals surface area contributed by atoms with Gasteiger partial charge in [-0.25, -0.2) is 18.5 Å². The highest BCUT2D eigenvalue weighted by Gasteiger charge is 2.32. The molecule has 1 fully saturated rings. The van der Waals surface area contributed by atoms with Crippen LogP contribution >= 0.6 is 0 Å². The minimum atomic E-state index is -3.64. The van der Waals surface area contributed by atoms with Gasteiger partial charge in [-0.15, -0.1) is 0 Å². The first kappa shape index (κ1) is 16.9. The van der Waals surface area contributed by atoms with Crippen molar-refractivity contribution in [2.45, 2.75) is 38.3 Å². The Morgan fingerprint density at radius 3 is 2.59 bits per heavy atom. The normalized spacial score (nSPS) is 18.4. The van der Waals surface area contributed by atoms with Crippen LogP contribution in [0.25, 0.3) is 0 Å². The molecule has 9 heteroatoms. The maximum absolute atomic E-state index is 12.3. The lowest BCUT2D eigenvalue weighted by atomic mass is 10.0. The van der Waals surface area contributed by atoms with E-state index in [2.05, 4.69) is 22.1 Å². The van der Waals surface area contributed by atoms with E-state index in [9.17, 15) is 13.2 Å². The second-order valence-corrected chi connectivity index (χ2v) is 7.42. The molecule has 0 saturated carbocycles. The first-order valence-corrected chi connectivity index (χ1v) is 9.05. The van der Waals surface area contributed by atoms with E-state index in [0.29, 0.717) is 13.1 Å². The predicted octanol–water partition coefficient (Wildman–Crippen LogP) is 0.464. The van der Waals surface area contributed by atoms with Crippen LogP contribution in [0.2, 0.25) is 0 Å². The molecule has 1 aromatic heterocycles. The molecule has 0 spiro atoms. The van der Waals surface area contributed by atoms with Gasteiger partial charge in [0.05, 0.1) is 0 Å². The topological polar surface area (TPSA) is 99.3 Å². The fourth-order valence-electron chi connectivity index (χ4n) is 2.54. The number of rotatable bonds is 6. The summed E-state index contributed by atoms with van der Waals surface area (Å²) in [6.45, 7) is 5.45. The van der Waals surface area contributed by atoms with Gasteiger partial charge in [0.25, 0.3) is 15.2 Å². The molecule has 0 unspecified atom stereocenters. The van der Waals surface area contributed by atoms with Gasteiger partial charge in [-0.05, 0) is 6.42 Å². The van der Waals surface area contributed by atoms with Crippen LogP contribution in [0.3, 0.4) is 0 Å². The van der Waals surface area contributed by atoms with E-state index >= 15 is 0 Å². The number of carbonyl (C=O) groups is 1. The molecular formula is C13H23N5O3S. The number of aromatic nitrogens is 3. The van der Waals surface area contributed by atoms with E-state index in [4.69, 9.17) is 0 Å². The standard InChI is InChI=1S/C13H23N5O3S/c1-3-4-5-11(2)12(19)17-6-8-18(9-7-17)22(20,21)13-14-10-15-16-13/h10-11H,3-9H2,1-2H3,(H,14,15,16)/t11-/m1/s1. The largest absolute Gasteiger partial charge is 0.340 e. The van der Waals surface area contributed by atoms with Gasteiger partial charge in [-0.2, -0.15) is 9.40 Å². The molecule has 1 aliphatic rings. The Balaban J connectivity index is 1.92. The van der Waals surface area contributed by atoms with E-state index in [0.717, 1.165) is 19.3 Å². The van der Waals surface area contributed by atoms with Crippen molar-refractivity contribution in [1.29, 1.82) is 0 Å². The summed E-state index contributed by atoms with van der Waals surface area (Å²) in [6.07, 6.45) is 4.15. The number of H-pyrrole nitrogens is 1. The average Bonchev–Trinajstić information content (AvgIpc) is 3.07. The summed E-state index contributed by atoms with van der Waals surface area (Å²) in [5, 5.41) is 5.80. The second-order valence-electron chi connectivity index (χ2n) is 5.56. The van der Waals surface area contributed by atoms with E-state index in [1.807, 2.05) is 6.92 Å². The van der Waals surface area contributed by atoms with Crippen LogP contribution in [0, 0.1) is 5.92 Å². The minimum absolute atomic E-state index is 0.00243. The number of aromatic amines is 1. The third kappa shape index (κ3) is 3.64. The van der Waals surface area contributed by atoms with Gasteiger partial charge in [0, 0.05) is 32.1 Å². The summed E-state index contributed by atoms with van der Waals surface area (Å²) in [5.41, 5.74) is 0. The Labute approximate surface area is 130 Å². The summed E-state index contributed by atoms with van der Waals surface area (Å²) >= 11 is 0. The molecule has 2 rings (SSSR count). The van der Waals surface area contributed by atoms with Crippen molar-refractivity contribution in [3.63, 3.8) is 0 Å². The van der Waals surface area contributed by atoms with Crippen LogP contribution in [0.5, 0.6) is 0 Å². The summed E-state index contributed by atoms with van der Waals surface area (Å²) < 4.78 is 25.9. The lowest BCUT2D eigenvalue weighted by molar-refractivity contribution is -0.136. The van der Waals surface area contributed by atoms with Gasteiger partial charge in [-0.1, -0.05) is 26.7 Å². The molecule has 0 aromatic carbocycles. The molecule has 1 amide bonds. The highest BCUT2D eigenvalue weighted by molar-refractivity contribution is 7.88. The number of amides is 1. The molecule has 1 atom stereocenters. The van der Waals surface area contributed by atoms with Crippen molar-refractivity contribution in [3.05, 3.63) is 6.33 Å². The third-order valence-corrected chi connectivity index (χ3v) is 5.67. The Hall–Kier alpha value is -1.48. The number of carbonyl (C=O) groups excluding carboxylic acids is 1. The first-order chi connectivity index (χ1) is 10.5. The monoisotopic (exact) mass is 329 g/mol.